The molecule has 4 rings (SSSR count). The molecule has 6 heteroatoms. The molecule has 2 atom stereocenters. The average Bonchev–Trinajstić information content (AvgIpc) is 3.52. The molecule has 0 spiro atoms. The van der Waals surface area contributed by atoms with E-state index in [2.05, 4.69) is 16.0 Å². The summed E-state index contributed by atoms with van der Waals surface area (Å²) >= 11 is 0. The molecular weight excluding hydrogens is 333 g/mol. The number of amides is 3. The summed E-state index contributed by atoms with van der Waals surface area (Å²) in [4.78, 5) is 24.0. The molecule has 134 valence electrons. The first kappa shape index (κ1) is 16.6. The van der Waals surface area contributed by atoms with Gasteiger partial charge in [-0.2, -0.15) is 0 Å². The average molecular weight is 353 g/mol. The Balaban J connectivity index is 1.31. The molecule has 2 aliphatic carbocycles. The molecule has 5 nitrogen and oxygen atoms in total. The Morgan fingerprint density at radius 3 is 2.23 bits per heavy atom. The van der Waals surface area contributed by atoms with E-state index >= 15 is 0 Å². The first-order chi connectivity index (χ1) is 12.6. The quantitative estimate of drug-likeness (QED) is 0.764. The summed E-state index contributed by atoms with van der Waals surface area (Å²) in [6, 6.07) is 13.6. The standard InChI is InChI=1S/C20H20FN3O2/c21-18-4-2-1-3-15(18)16-11-17(16)19(25)22-12-5-7-13(8-6-12)23-20(26)24-14-9-10-14/h1-8,14,16-17H,9-11H2,(H,22,25)(H2,23,24,26). The maximum absolute atomic E-state index is 13.8. The van der Waals surface area contributed by atoms with Crippen molar-refractivity contribution in [3.05, 3.63) is 59.9 Å². The second-order valence-corrected chi connectivity index (χ2v) is 6.91. The summed E-state index contributed by atoms with van der Waals surface area (Å²) in [7, 11) is 0. The summed E-state index contributed by atoms with van der Waals surface area (Å²) < 4.78 is 13.8. The zero-order valence-corrected chi connectivity index (χ0v) is 14.2. The van der Waals surface area contributed by atoms with Gasteiger partial charge < -0.3 is 16.0 Å². The summed E-state index contributed by atoms with van der Waals surface area (Å²) in [5, 5.41) is 8.46. The number of nitrogens with one attached hydrogen (secondary N) is 3. The van der Waals surface area contributed by atoms with Crippen LogP contribution in [0.2, 0.25) is 0 Å². The van der Waals surface area contributed by atoms with Crippen molar-refractivity contribution in [2.45, 2.75) is 31.2 Å². The van der Waals surface area contributed by atoms with Crippen LogP contribution >= 0.6 is 0 Å². The van der Waals surface area contributed by atoms with Crippen LogP contribution in [-0.4, -0.2) is 18.0 Å². The van der Waals surface area contributed by atoms with E-state index in [1.54, 1.807) is 42.5 Å². The van der Waals surface area contributed by atoms with Crippen LogP contribution in [0.25, 0.3) is 0 Å². The Morgan fingerprint density at radius 2 is 1.58 bits per heavy atom. The van der Waals surface area contributed by atoms with Crippen molar-refractivity contribution in [1.29, 1.82) is 0 Å². The molecule has 0 bridgehead atoms. The van der Waals surface area contributed by atoms with E-state index in [9.17, 15) is 14.0 Å². The molecule has 2 aromatic rings. The maximum atomic E-state index is 13.8. The number of benzene rings is 2. The number of hydrogen-bond acceptors (Lipinski definition) is 2. The van der Waals surface area contributed by atoms with E-state index in [4.69, 9.17) is 0 Å². The van der Waals surface area contributed by atoms with Gasteiger partial charge in [-0.1, -0.05) is 18.2 Å². The fraction of sp³-hybridized carbons (Fsp3) is 0.300. The highest BCUT2D eigenvalue weighted by Gasteiger charge is 2.45. The van der Waals surface area contributed by atoms with Crippen LogP contribution in [0.1, 0.15) is 30.7 Å². The smallest absolute Gasteiger partial charge is 0.319 e. The van der Waals surface area contributed by atoms with Crippen molar-refractivity contribution in [2.75, 3.05) is 10.6 Å². The van der Waals surface area contributed by atoms with E-state index in [1.165, 1.54) is 6.07 Å². The lowest BCUT2D eigenvalue weighted by atomic mass is 10.1. The van der Waals surface area contributed by atoms with Gasteiger partial charge in [0.1, 0.15) is 5.82 Å². The third-order valence-corrected chi connectivity index (χ3v) is 4.75. The van der Waals surface area contributed by atoms with Gasteiger partial charge in [-0.25, -0.2) is 9.18 Å². The zero-order chi connectivity index (χ0) is 18.1. The molecule has 2 unspecified atom stereocenters. The molecule has 2 aliphatic rings. The highest BCUT2D eigenvalue weighted by atomic mass is 19.1. The number of carbonyl (C=O) groups excluding carboxylic acids is 2. The number of hydrogen-bond donors (Lipinski definition) is 3. The van der Waals surface area contributed by atoms with Gasteiger partial charge in [0.05, 0.1) is 0 Å². The minimum Gasteiger partial charge on any atom is -0.335 e. The van der Waals surface area contributed by atoms with Gasteiger partial charge in [0.2, 0.25) is 5.91 Å². The Labute approximate surface area is 151 Å². The predicted molar refractivity (Wildman–Crippen MR) is 97.5 cm³/mol. The molecule has 0 radical (unpaired) electrons. The fourth-order valence-corrected chi connectivity index (χ4v) is 3.06. The molecule has 0 aliphatic heterocycles. The highest BCUT2D eigenvalue weighted by molar-refractivity contribution is 5.96. The Hall–Kier alpha value is -2.89. The van der Waals surface area contributed by atoms with Gasteiger partial charge in [-0.15, -0.1) is 0 Å². The summed E-state index contributed by atoms with van der Waals surface area (Å²) in [6.07, 6.45) is 2.73. The lowest BCUT2D eigenvalue weighted by molar-refractivity contribution is -0.117. The second-order valence-electron chi connectivity index (χ2n) is 6.91. The minimum atomic E-state index is -0.257. The molecule has 3 N–H and O–H groups in total. The number of rotatable bonds is 5. The van der Waals surface area contributed by atoms with Gasteiger partial charge in [-0.05, 0) is 61.1 Å². The van der Waals surface area contributed by atoms with Crippen molar-refractivity contribution in [3.8, 4) is 0 Å². The monoisotopic (exact) mass is 353 g/mol. The van der Waals surface area contributed by atoms with Gasteiger partial charge in [0.15, 0.2) is 0 Å². The number of anilines is 2. The highest BCUT2D eigenvalue weighted by Crippen LogP contribution is 2.48. The second kappa shape index (κ2) is 6.78. The molecule has 2 fully saturated rings. The van der Waals surface area contributed by atoms with Crippen molar-refractivity contribution < 1.29 is 14.0 Å². The molecular formula is C20H20FN3O2. The molecule has 0 aromatic heterocycles. The lowest BCUT2D eigenvalue weighted by Gasteiger charge is -2.09. The van der Waals surface area contributed by atoms with Crippen LogP contribution in [0.15, 0.2) is 48.5 Å². The largest absolute Gasteiger partial charge is 0.335 e. The molecule has 26 heavy (non-hydrogen) atoms. The van der Waals surface area contributed by atoms with Gasteiger partial charge in [-0.3, -0.25) is 4.79 Å². The zero-order valence-electron chi connectivity index (χ0n) is 14.2. The minimum absolute atomic E-state index is 0.0525. The van der Waals surface area contributed by atoms with Crippen molar-refractivity contribution in [3.63, 3.8) is 0 Å². The van der Waals surface area contributed by atoms with E-state index in [0.717, 1.165) is 12.8 Å². The third kappa shape index (κ3) is 3.85. The van der Waals surface area contributed by atoms with E-state index in [0.29, 0.717) is 29.4 Å². The normalized spacial score (nSPS) is 21.0. The number of carbonyl (C=O) groups is 2. The Kier molecular flexibility index (Phi) is 4.32. The number of halogens is 1. The van der Waals surface area contributed by atoms with Crippen LogP contribution in [0.4, 0.5) is 20.6 Å². The van der Waals surface area contributed by atoms with Crippen molar-refractivity contribution in [2.24, 2.45) is 5.92 Å². The van der Waals surface area contributed by atoms with Crippen LogP contribution in [-0.2, 0) is 4.79 Å². The summed E-state index contributed by atoms with van der Waals surface area (Å²) in [6.45, 7) is 0. The van der Waals surface area contributed by atoms with Crippen molar-refractivity contribution >= 4 is 23.3 Å². The van der Waals surface area contributed by atoms with Gasteiger partial charge >= 0.3 is 6.03 Å². The van der Waals surface area contributed by atoms with Crippen LogP contribution in [0, 0.1) is 11.7 Å². The van der Waals surface area contributed by atoms with Gasteiger partial charge in [0, 0.05) is 23.3 Å². The summed E-state index contributed by atoms with van der Waals surface area (Å²) in [5.74, 6) is -0.615. The van der Waals surface area contributed by atoms with Gasteiger partial charge in [0.25, 0.3) is 0 Å². The number of urea groups is 1. The topological polar surface area (TPSA) is 70.2 Å². The Bertz CT molecular complexity index is 833. The van der Waals surface area contributed by atoms with Crippen LogP contribution in [0.3, 0.4) is 0 Å². The first-order valence-corrected chi connectivity index (χ1v) is 8.83. The third-order valence-electron chi connectivity index (χ3n) is 4.75. The van der Waals surface area contributed by atoms with E-state index in [1.807, 2.05) is 0 Å². The van der Waals surface area contributed by atoms with Crippen LogP contribution < -0.4 is 16.0 Å². The molecule has 2 aromatic carbocycles. The molecule has 3 amide bonds. The summed E-state index contributed by atoms with van der Waals surface area (Å²) in [5.41, 5.74) is 1.92. The predicted octanol–water partition coefficient (Wildman–Crippen LogP) is 3.85. The lowest BCUT2D eigenvalue weighted by Crippen LogP contribution is -2.30. The van der Waals surface area contributed by atoms with Crippen LogP contribution in [0.5, 0.6) is 0 Å². The fourth-order valence-electron chi connectivity index (χ4n) is 3.06. The molecule has 0 saturated heterocycles. The van der Waals surface area contributed by atoms with E-state index in [-0.39, 0.29) is 29.6 Å². The molecule has 2 saturated carbocycles. The van der Waals surface area contributed by atoms with E-state index < -0.39 is 0 Å². The SMILES string of the molecule is O=C(Nc1ccc(NC(=O)C2CC2c2ccccc2F)cc1)NC1CC1. The molecule has 0 heterocycles. The first-order valence-electron chi connectivity index (χ1n) is 8.83. The maximum Gasteiger partial charge on any atom is 0.319 e. The van der Waals surface area contributed by atoms with Crippen molar-refractivity contribution in [1.82, 2.24) is 5.32 Å². The Morgan fingerprint density at radius 1 is 0.923 bits per heavy atom.